The van der Waals surface area contributed by atoms with Crippen LogP contribution in [0.5, 0.6) is 5.75 Å². The molecule has 1 fully saturated rings. The van der Waals surface area contributed by atoms with Gasteiger partial charge in [-0.15, -0.1) is 0 Å². The normalized spacial score (nSPS) is 17.3. The Hall–Kier alpha value is -1.55. The molecular weight excluding hydrogens is 194 g/mol. The summed E-state index contributed by atoms with van der Waals surface area (Å²) < 4.78 is 0. The smallest absolute Gasteiger partial charge is 0.325 e. The van der Waals surface area contributed by atoms with Gasteiger partial charge in [-0.05, 0) is 30.5 Å². The Bertz CT molecular complexity index is 357. The molecule has 2 rings (SSSR count). The van der Waals surface area contributed by atoms with Gasteiger partial charge in [-0.2, -0.15) is 0 Å². The van der Waals surface area contributed by atoms with E-state index in [4.69, 9.17) is 10.2 Å². The minimum atomic E-state index is -0.882. The monoisotopic (exact) mass is 207 g/mol. The number of hydrogen-bond acceptors (Lipinski definition) is 3. The van der Waals surface area contributed by atoms with E-state index in [0.717, 1.165) is 12.8 Å². The average Bonchev–Trinajstić information content (AvgIpc) is 2.99. The fourth-order valence-corrected chi connectivity index (χ4v) is 1.46. The molecule has 4 heteroatoms. The molecule has 1 aromatic carbocycles. The minimum absolute atomic E-state index is 0.148. The predicted octanol–water partition coefficient (Wildman–Crippen LogP) is 1.27. The van der Waals surface area contributed by atoms with Gasteiger partial charge in [0.15, 0.2) is 0 Å². The molecule has 1 saturated carbocycles. The number of benzene rings is 1. The van der Waals surface area contributed by atoms with Crippen molar-refractivity contribution >= 4 is 5.97 Å². The first-order chi connectivity index (χ1) is 7.16. The molecule has 0 amide bonds. The lowest BCUT2D eigenvalue weighted by atomic mass is 10.1. The Morgan fingerprint density at radius 3 is 2.40 bits per heavy atom. The van der Waals surface area contributed by atoms with Crippen LogP contribution >= 0.6 is 0 Å². The molecule has 0 aromatic heterocycles. The molecule has 0 bridgehead atoms. The third-order valence-electron chi connectivity index (χ3n) is 2.45. The summed E-state index contributed by atoms with van der Waals surface area (Å²) in [4.78, 5) is 11.0. The van der Waals surface area contributed by atoms with E-state index in [1.54, 1.807) is 12.1 Å². The van der Waals surface area contributed by atoms with Crippen LogP contribution in [0.3, 0.4) is 0 Å². The van der Waals surface area contributed by atoms with E-state index in [1.807, 2.05) is 0 Å². The Labute approximate surface area is 87.6 Å². The second kappa shape index (κ2) is 3.90. The zero-order chi connectivity index (χ0) is 10.8. The summed E-state index contributed by atoms with van der Waals surface area (Å²) in [6.45, 7) is 0. The molecule has 1 aliphatic carbocycles. The van der Waals surface area contributed by atoms with Crippen molar-refractivity contribution in [1.29, 1.82) is 0 Å². The molecule has 0 aliphatic heterocycles. The Morgan fingerprint density at radius 1 is 1.33 bits per heavy atom. The number of aliphatic carboxylic acids is 1. The van der Waals surface area contributed by atoms with Crippen molar-refractivity contribution in [1.82, 2.24) is 5.32 Å². The highest BCUT2D eigenvalue weighted by Crippen LogP contribution is 2.25. The Kier molecular flexibility index (Phi) is 2.60. The number of carboxylic acids is 1. The highest BCUT2D eigenvalue weighted by molar-refractivity contribution is 5.75. The van der Waals surface area contributed by atoms with E-state index in [9.17, 15) is 4.79 Å². The maximum atomic E-state index is 11.0. The van der Waals surface area contributed by atoms with Gasteiger partial charge >= 0.3 is 5.97 Å². The molecule has 1 aromatic rings. The molecule has 0 radical (unpaired) electrons. The number of carbonyl (C=O) groups is 1. The largest absolute Gasteiger partial charge is 0.508 e. The summed E-state index contributed by atoms with van der Waals surface area (Å²) in [5, 5.41) is 21.2. The number of rotatable bonds is 4. The number of phenolic OH excluding ortho intramolecular Hbond substituents is 1. The van der Waals surface area contributed by atoms with Gasteiger partial charge in [-0.3, -0.25) is 10.1 Å². The lowest BCUT2D eigenvalue weighted by Crippen LogP contribution is -2.30. The van der Waals surface area contributed by atoms with Gasteiger partial charge < -0.3 is 10.2 Å². The van der Waals surface area contributed by atoms with Crippen LogP contribution in [0.15, 0.2) is 24.3 Å². The topological polar surface area (TPSA) is 69.6 Å². The van der Waals surface area contributed by atoms with Crippen LogP contribution in [0.2, 0.25) is 0 Å². The van der Waals surface area contributed by atoms with Gasteiger partial charge in [0, 0.05) is 6.04 Å². The van der Waals surface area contributed by atoms with Gasteiger partial charge in [0.05, 0.1) is 0 Å². The van der Waals surface area contributed by atoms with Crippen molar-refractivity contribution in [3.63, 3.8) is 0 Å². The van der Waals surface area contributed by atoms with Crippen LogP contribution in [0.1, 0.15) is 24.4 Å². The van der Waals surface area contributed by atoms with Crippen LogP contribution in [-0.2, 0) is 4.79 Å². The van der Waals surface area contributed by atoms with Gasteiger partial charge in [0.25, 0.3) is 0 Å². The quantitative estimate of drug-likeness (QED) is 0.695. The Balaban J connectivity index is 2.15. The van der Waals surface area contributed by atoms with E-state index < -0.39 is 12.0 Å². The lowest BCUT2D eigenvalue weighted by molar-refractivity contribution is -0.139. The fourth-order valence-electron chi connectivity index (χ4n) is 1.46. The average molecular weight is 207 g/mol. The van der Waals surface area contributed by atoms with E-state index in [-0.39, 0.29) is 5.75 Å². The molecular formula is C11H13NO3. The molecule has 15 heavy (non-hydrogen) atoms. The Morgan fingerprint density at radius 2 is 1.93 bits per heavy atom. The summed E-state index contributed by atoms with van der Waals surface area (Å²) >= 11 is 0. The van der Waals surface area contributed by atoms with Crippen molar-refractivity contribution in [2.24, 2.45) is 0 Å². The molecule has 1 atom stereocenters. The molecule has 1 aliphatic rings. The first-order valence-corrected chi connectivity index (χ1v) is 4.94. The SMILES string of the molecule is O=C(O)[C@H](NC1CC1)c1ccc(O)cc1. The number of phenols is 1. The van der Waals surface area contributed by atoms with Gasteiger partial charge in [-0.1, -0.05) is 12.1 Å². The second-order valence-electron chi connectivity index (χ2n) is 3.80. The van der Waals surface area contributed by atoms with Crippen LogP contribution in [0.4, 0.5) is 0 Å². The summed E-state index contributed by atoms with van der Waals surface area (Å²) in [6, 6.07) is 5.92. The number of hydrogen-bond donors (Lipinski definition) is 3. The third-order valence-corrected chi connectivity index (χ3v) is 2.45. The molecule has 0 heterocycles. The fraction of sp³-hybridized carbons (Fsp3) is 0.364. The third kappa shape index (κ3) is 2.47. The van der Waals surface area contributed by atoms with E-state index in [1.165, 1.54) is 12.1 Å². The molecule has 0 saturated heterocycles. The molecule has 4 nitrogen and oxygen atoms in total. The van der Waals surface area contributed by atoms with Crippen molar-refractivity contribution in [2.75, 3.05) is 0 Å². The highest BCUT2D eigenvalue weighted by atomic mass is 16.4. The first-order valence-electron chi connectivity index (χ1n) is 4.94. The van der Waals surface area contributed by atoms with Crippen molar-refractivity contribution in [3.05, 3.63) is 29.8 Å². The van der Waals surface area contributed by atoms with Gasteiger partial charge in [-0.25, -0.2) is 0 Å². The minimum Gasteiger partial charge on any atom is -0.508 e. The van der Waals surface area contributed by atoms with Crippen LogP contribution in [0.25, 0.3) is 0 Å². The van der Waals surface area contributed by atoms with Crippen molar-refractivity contribution < 1.29 is 15.0 Å². The number of aromatic hydroxyl groups is 1. The maximum absolute atomic E-state index is 11.0. The van der Waals surface area contributed by atoms with Crippen LogP contribution in [0, 0.1) is 0 Å². The van der Waals surface area contributed by atoms with Crippen molar-refractivity contribution in [2.45, 2.75) is 24.9 Å². The summed E-state index contributed by atoms with van der Waals surface area (Å²) in [6.07, 6.45) is 2.09. The van der Waals surface area contributed by atoms with Crippen LogP contribution < -0.4 is 5.32 Å². The van der Waals surface area contributed by atoms with E-state index in [2.05, 4.69) is 5.32 Å². The second-order valence-corrected chi connectivity index (χ2v) is 3.80. The maximum Gasteiger partial charge on any atom is 0.325 e. The van der Waals surface area contributed by atoms with Gasteiger partial charge in [0.1, 0.15) is 11.8 Å². The summed E-state index contributed by atoms with van der Waals surface area (Å²) in [5.74, 6) is -0.734. The van der Waals surface area contributed by atoms with E-state index in [0.29, 0.717) is 11.6 Å². The van der Waals surface area contributed by atoms with Gasteiger partial charge in [0.2, 0.25) is 0 Å². The number of nitrogens with one attached hydrogen (secondary N) is 1. The molecule has 80 valence electrons. The first kappa shape index (κ1) is 9.98. The predicted molar refractivity (Wildman–Crippen MR) is 54.6 cm³/mol. The lowest BCUT2D eigenvalue weighted by Gasteiger charge is -2.14. The zero-order valence-electron chi connectivity index (χ0n) is 8.18. The van der Waals surface area contributed by atoms with Crippen LogP contribution in [-0.4, -0.2) is 22.2 Å². The van der Waals surface area contributed by atoms with Crippen molar-refractivity contribution in [3.8, 4) is 5.75 Å². The highest BCUT2D eigenvalue weighted by Gasteiger charge is 2.29. The number of carboxylic acid groups (broad SMARTS) is 1. The summed E-state index contributed by atoms with van der Waals surface area (Å²) in [5.41, 5.74) is 0.673. The van der Waals surface area contributed by atoms with E-state index >= 15 is 0 Å². The molecule has 0 spiro atoms. The molecule has 3 N–H and O–H groups in total. The molecule has 0 unspecified atom stereocenters. The summed E-state index contributed by atoms with van der Waals surface area (Å²) in [7, 11) is 0. The zero-order valence-corrected chi connectivity index (χ0v) is 8.18. The standard InChI is InChI=1S/C11H13NO3/c13-9-5-1-7(2-6-9)10(11(14)15)12-8-3-4-8/h1-2,5-6,8,10,12-13H,3-4H2,(H,14,15)/t10-/m1/s1.